The van der Waals surface area contributed by atoms with E-state index in [1.807, 2.05) is 11.6 Å². The molecule has 30 heavy (non-hydrogen) atoms. The molecule has 1 atom stereocenters. The minimum absolute atomic E-state index is 0.470. The number of aromatic amines is 1. The van der Waals surface area contributed by atoms with Gasteiger partial charge in [0, 0.05) is 36.7 Å². The quantitative estimate of drug-likeness (QED) is 0.590. The predicted molar refractivity (Wildman–Crippen MR) is 98.9 cm³/mol. The minimum Gasteiger partial charge on any atom is -0.475 e. The molecule has 1 saturated heterocycles. The Morgan fingerprint density at radius 3 is 2.63 bits per heavy atom. The zero-order valence-electron chi connectivity index (χ0n) is 15.4. The first kappa shape index (κ1) is 22.1. The van der Waals surface area contributed by atoms with Gasteiger partial charge in [-0.05, 0) is 18.9 Å². The summed E-state index contributed by atoms with van der Waals surface area (Å²) in [7, 11) is 0. The lowest BCUT2D eigenvalue weighted by Gasteiger charge is -2.13. The summed E-state index contributed by atoms with van der Waals surface area (Å²) in [5.41, 5.74) is 1.01. The summed E-state index contributed by atoms with van der Waals surface area (Å²) >= 11 is 1.70. The fourth-order valence-corrected chi connectivity index (χ4v) is 3.90. The average Bonchev–Trinajstić information content (AvgIpc) is 3.38. The Bertz CT molecular complexity index is 967. The number of benzene rings is 1. The van der Waals surface area contributed by atoms with Crippen LogP contribution in [-0.2, 0) is 17.8 Å². The predicted octanol–water partition coefficient (Wildman–Crippen LogP) is 4.00. The zero-order chi connectivity index (χ0) is 21.9. The molecular formula is C18H17F5N4O2S. The first-order chi connectivity index (χ1) is 14.1. The van der Waals surface area contributed by atoms with Crippen LogP contribution in [0.15, 0.2) is 23.7 Å². The summed E-state index contributed by atoms with van der Waals surface area (Å²) in [6.07, 6.45) is -1.08. The summed E-state index contributed by atoms with van der Waals surface area (Å²) in [6, 6.07) is 2.30. The number of aromatic nitrogens is 3. The van der Waals surface area contributed by atoms with Crippen molar-refractivity contribution in [1.29, 1.82) is 0 Å². The number of alkyl halides is 3. The van der Waals surface area contributed by atoms with Crippen molar-refractivity contribution in [3.05, 3.63) is 46.2 Å². The minimum atomic E-state index is -5.08. The Balaban J connectivity index is 0.000000318. The van der Waals surface area contributed by atoms with Crippen molar-refractivity contribution in [3.8, 4) is 0 Å². The van der Waals surface area contributed by atoms with E-state index >= 15 is 0 Å². The van der Waals surface area contributed by atoms with Gasteiger partial charge >= 0.3 is 12.1 Å². The van der Waals surface area contributed by atoms with Crippen LogP contribution in [0.5, 0.6) is 0 Å². The van der Waals surface area contributed by atoms with Gasteiger partial charge < -0.3 is 10.1 Å². The maximum atomic E-state index is 13.3. The van der Waals surface area contributed by atoms with Gasteiger partial charge in [0.15, 0.2) is 11.6 Å². The highest BCUT2D eigenvalue weighted by Crippen LogP contribution is 2.24. The largest absolute Gasteiger partial charge is 0.490 e. The lowest BCUT2D eigenvalue weighted by atomic mass is 10.1. The molecule has 0 amide bonds. The Morgan fingerprint density at radius 1 is 1.30 bits per heavy atom. The molecule has 0 radical (unpaired) electrons. The number of nitrogens with one attached hydrogen (secondary N) is 1. The van der Waals surface area contributed by atoms with Crippen molar-refractivity contribution in [2.75, 3.05) is 13.1 Å². The van der Waals surface area contributed by atoms with Crippen molar-refractivity contribution < 1.29 is 31.9 Å². The van der Waals surface area contributed by atoms with Gasteiger partial charge in [0.05, 0.1) is 22.6 Å². The third-order valence-corrected chi connectivity index (χ3v) is 5.31. The number of rotatable bonds is 4. The number of thiazole rings is 1. The topological polar surface area (TPSA) is 82.1 Å². The summed E-state index contributed by atoms with van der Waals surface area (Å²) in [4.78, 5) is 23.0. The first-order valence-corrected chi connectivity index (χ1v) is 9.74. The summed E-state index contributed by atoms with van der Waals surface area (Å²) < 4.78 is 58.2. The fourth-order valence-electron chi connectivity index (χ4n) is 3.17. The van der Waals surface area contributed by atoms with Crippen LogP contribution in [0.25, 0.3) is 11.0 Å². The number of hydrogen-bond acceptors (Lipinski definition) is 5. The summed E-state index contributed by atoms with van der Waals surface area (Å²) in [6.45, 7) is 2.68. The summed E-state index contributed by atoms with van der Waals surface area (Å²) in [5, 5.41) is 10.3. The number of fused-ring (bicyclic) bond motifs is 1. The lowest BCUT2D eigenvalue weighted by Crippen LogP contribution is -2.21. The van der Waals surface area contributed by atoms with Gasteiger partial charge in [-0.15, -0.1) is 11.3 Å². The van der Waals surface area contributed by atoms with Crippen molar-refractivity contribution in [2.24, 2.45) is 5.92 Å². The van der Waals surface area contributed by atoms with Crippen LogP contribution in [0, 0.1) is 17.6 Å². The number of carbonyl (C=O) groups is 1. The molecule has 0 bridgehead atoms. The van der Waals surface area contributed by atoms with Gasteiger partial charge in [0.1, 0.15) is 5.82 Å². The molecule has 162 valence electrons. The number of nitrogens with zero attached hydrogens (tertiary/aromatic N) is 3. The standard InChI is InChI=1S/C16H16F2N4S.C2HF3O2/c17-11-6-13-14(7-12(11)18)21-15(20-13)9-22-3-1-10(8-22)5-16-19-2-4-23-16;3-2(4,5)1(6)7/h2,4,6-7,10H,1,3,5,8-9H2,(H,20,21);(H,6,7). The highest BCUT2D eigenvalue weighted by molar-refractivity contribution is 7.09. The molecule has 12 heteroatoms. The van der Waals surface area contributed by atoms with Crippen LogP contribution in [0.2, 0.25) is 0 Å². The maximum absolute atomic E-state index is 13.3. The Kier molecular flexibility index (Phi) is 6.66. The number of imidazole rings is 1. The van der Waals surface area contributed by atoms with Gasteiger partial charge in [-0.25, -0.2) is 23.5 Å². The first-order valence-electron chi connectivity index (χ1n) is 8.86. The van der Waals surface area contributed by atoms with Gasteiger partial charge in [-0.3, -0.25) is 4.90 Å². The van der Waals surface area contributed by atoms with Crippen LogP contribution in [0.1, 0.15) is 17.3 Å². The monoisotopic (exact) mass is 448 g/mol. The van der Waals surface area contributed by atoms with Crippen molar-refractivity contribution in [1.82, 2.24) is 19.9 Å². The Morgan fingerprint density at radius 2 is 2.00 bits per heavy atom. The molecule has 3 aromatic rings. The molecule has 2 N–H and O–H groups in total. The number of halogens is 5. The lowest BCUT2D eigenvalue weighted by molar-refractivity contribution is -0.192. The molecule has 1 aliphatic heterocycles. The molecule has 1 aromatic carbocycles. The molecule has 3 heterocycles. The molecule has 0 saturated carbocycles. The number of hydrogen-bond donors (Lipinski definition) is 2. The van der Waals surface area contributed by atoms with E-state index in [9.17, 15) is 22.0 Å². The van der Waals surface area contributed by atoms with E-state index in [2.05, 4.69) is 19.9 Å². The highest BCUT2D eigenvalue weighted by atomic mass is 32.1. The van der Waals surface area contributed by atoms with Gasteiger partial charge in [0.25, 0.3) is 0 Å². The number of carboxylic acid groups (broad SMARTS) is 1. The molecular weight excluding hydrogens is 431 g/mol. The highest BCUT2D eigenvalue weighted by Gasteiger charge is 2.38. The molecule has 6 nitrogen and oxygen atoms in total. The number of carboxylic acids is 1. The molecule has 1 aliphatic rings. The van der Waals surface area contributed by atoms with E-state index in [4.69, 9.17) is 9.90 Å². The summed E-state index contributed by atoms with van der Waals surface area (Å²) in [5.74, 6) is -3.11. The second-order valence-corrected chi connectivity index (χ2v) is 7.77. The molecule has 4 rings (SSSR count). The average molecular weight is 448 g/mol. The van der Waals surface area contributed by atoms with Crippen LogP contribution >= 0.6 is 11.3 Å². The second kappa shape index (κ2) is 9.04. The van der Waals surface area contributed by atoms with Gasteiger partial charge in [0.2, 0.25) is 0 Å². The van der Waals surface area contributed by atoms with Gasteiger partial charge in [-0.2, -0.15) is 13.2 Å². The number of aliphatic carboxylic acids is 1. The smallest absolute Gasteiger partial charge is 0.475 e. The van der Waals surface area contributed by atoms with Crippen molar-refractivity contribution >= 4 is 28.3 Å². The van der Waals surface area contributed by atoms with Crippen LogP contribution in [-0.4, -0.2) is 50.2 Å². The van der Waals surface area contributed by atoms with Gasteiger partial charge in [-0.1, -0.05) is 0 Å². The van der Waals surface area contributed by atoms with Crippen molar-refractivity contribution in [3.63, 3.8) is 0 Å². The Hall–Kier alpha value is -2.60. The van der Waals surface area contributed by atoms with Crippen LogP contribution in [0.3, 0.4) is 0 Å². The number of H-pyrrole nitrogens is 1. The van der Waals surface area contributed by atoms with E-state index in [1.54, 1.807) is 11.3 Å². The molecule has 1 fully saturated rings. The number of likely N-dealkylation sites (tertiary alicyclic amines) is 1. The molecule has 1 unspecified atom stereocenters. The fraction of sp³-hybridized carbons (Fsp3) is 0.389. The molecule has 0 spiro atoms. The Labute approximate surface area is 171 Å². The van der Waals surface area contributed by atoms with E-state index < -0.39 is 23.8 Å². The normalized spacial score (nSPS) is 17.2. The molecule has 0 aliphatic carbocycles. The van der Waals surface area contributed by atoms with Crippen LogP contribution < -0.4 is 0 Å². The second-order valence-electron chi connectivity index (χ2n) is 6.79. The van der Waals surface area contributed by atoms with E-state index in [0.29, 0.717) is 23.5 Å². The molecule has 2 aromatic heterocycles. The SMILES string of the molecule is Fc1cc2nc(CN3CCC(Cc4nccs4)C3)[nH]c2cc1F.O=C(O)C(F)(F)F. The third kappa shape index (κ3) is 5.72. The van der Waals surface area contributed by atoms with Crippen molar-refractivity contribution in [2.45, 2.75) is 25.6 Å². The maximum Gasteiger partial charge on any atom is 0.490 e. The van der Waals surface area contributed by atoms with E-state index in [0.717, 1.165) is 43.9 Å². The zero-order valence-corrected chi connectivity index (χ0v) is 16.2. The van der Waals surface area contributed by atoms with E-state index in [-0.39, 0.29) is 0 Å². The van der Waals surface area contributed by atoms with E-state index in [1.165, 1.54) is 5.01 Å². The van der Waals surface area contributed by atoms with Crippen LogP contribution in [0.4, 0.5) is 22.0 Å². The third-order valence-electron chi connectivity index (χ3n) is 4.51.